The zero-order chi connectivity index (χ0) is 19.4. The summed E-state index contributed by atoms with van der Waals surface area (Å²) in [4.78, 5) is 24.6. The van der Waals surface area contributed by atoms with Crippen LogP contribution in [0, 0.1) is 5.82 Å². The van der Waals surface area contributed by atoms with Gasteiger partial charge in [0, 0.05) is 12.6 Å². The Morgan fingerprint density at radius 2 is 1.85 bits per heavy atom. The predicted octanol–water partition coefficient (Wildman–Crippen LogP) is 3.25. The lowest BCUT2D eigenvalue weighted by molar-refractivity contribution is 0.102. The first-order valence-corrected chi connectivity index (χ1v) is 8.94. The van der Waals surface area contributed by atoms with Gasteiger partial charge < -0.3 is 21.3 Å². The van der Waals surface area contributed by atoms with E-state index in [2.05, 4.69) is 21.3 Å². The maximum atomic E-state index is 14.8. The number of fused-ring (bicyclic) bond motifs is 1. The van der Waals surface area contributed by atoms with Gasteiger partial charge in [-0.1, -0.05) is 18.2 Å². The number of rotatable bonds is 4. The second kappa shape index (κ2) is 8.18. The van der Waals surface area contributed by atoms with Crippen molar-refractivity contribution in [2.45, 2.75) is 32.9 Å². The van der Waals surface area contributed by atoms with E-state index in [4.69, 9.17) is 0 Å². The predicted molar refractivity (Wildman–Crippen MR) is 103 cm³/mol. The zero-order valence-corrected chi connectivity index (χ0v) is 15.4. The molecule has 3 amide bonds. The molecule has 3 rings (SSSR count). The van der Waals surface area contributed by atoms with Crippen molar-refractivity contribution in [1.29, 1.82) is 0 Å². The third-order valence-corrected chi connectivity index (χ3v) is 4.30. The Morgan fingerprint density at radius 1 is 1.07 bits per heavy atom. The van der Waals surface area contributed by atoms with Gasteiger partial charge in [0.15, 0.2) is 0 Å². The first-order chi connectivity index (χ1) is 13.0. The standard InChI is InChI=1S/C20H23FN4O2/c1-12(2)23-20(27)25-16-6-4-3-5-15(16)19(26)24-17-8-7-13-11-22-10-9-14(13)18(17)21/h3-8,12,22H,9-11H2,1-2H3,(H,24,26)(H2,23,25,27). The fraction of sp³-hybridized carbons (Fsp3) is 0.300. The summed E-state index contributed by atoms with van der Waals surface area (Å²) in [6.07, 6.45) is 0.582. The van der Waals surface area contributed by atoms with E-state index in [1.807, 2.05) is 19.9 Å². The molecule has 0 bridgehead atoms. The first-order valence-electron chi connectivity index (χ1n) is 8.94. The minimum Gasteiger partial charge on any atom is -0.336 e. The van der Waals surface area contributed by atoms with Gasteiger partial charge in [0.25, 0.3) is 5.91 Å². The molecular weight excluding hydrogens is 347 g/mol. The Morgan fingerprint density at radius 3 is 2.63 bits per heavy atom. The Kier molecular flexibility index (Phi) is 5.71. The highest BCUT2D eigenvalue weighted by Crippen LogP contribution is 2.25. The molecule has 1 aliphatic heterocycles. The van der Waals surface area contributed by atoms with E-state index in [1.54, 1.807) is 30.3 Å². The minimum atomic E-state index is -0.483. The summed E-state index contributed by atoms with van der Waals surface area (Å²) in [5, 5.41) is 11.2. The van der Waals surface area contributed by atoms with Gasteiger partial charge in [0.2, 0.25) is 0 Å². The maximum absolute atomic E-state index is 14.8. The summed E-state index contributed by atoms with van der Waals surface area (Å²) in [6.45, 7) is 5.01. The number of halogens is 1. The highest BCUT2D eigenvalue weighted by Gasteiger charge is 2.19. The Bertz CT molecular complexity index is 867. The molecule has 0 saturated heterocycles. The molecule has 27 heavy (non-hydrogen) atoms. The number of nitrogens with one attached hydrogen (secondary N) is 4. The van der Waals surface area contributed by atoms with Crippen LogP contribution in [0.15, 0.2) is 36.4 Å². The summed E-state index contributed by atoms with van der Waals surface area (Å²) in [6, 6.07) is 9.57. The number of carbonyl (C=O) groups is 2. The number of urea groups is 1. The van der Waals surface area contributed by atoms with Crippen molar-refractivity contribution < 1.29 is 14.0 Å². The van der Waals surface area contributed by atoms with Crippen molar-refractivity contribution >= 4 is 23.3 Å². The summed E-state index contributed by atoms with van der Waals surface area (Å²) < 4.78 is 14.8. The number of para-hydroxylation sites is 1. The van der Waals surface area contributed by atoms with Crippen LogP contribution in [0.1, 0.15) is 35.3 Å². The molecule has 6 nitrogen and oxygen atoms in total. The monoisotopic (exact) mass is 370 g/mol. The molecular formula is C20H23FN4O2. The molecule has 0 aromatic heterocycles. The number of hydrogen-bond donors (Lipinski definition) is 4. The van der Waals surface area contributed by atoms with Crippen molar-refractivity contribution in [3.8, 4) is 0 Å². The van der Waals surface area contributed by atoms with Crippen molar-refractivity contribution in [3.05, 3.63) is 58.9 Å². The van der Waals surface area contributed by atoms with E-state index < -0.39 is 17.8 Å². The molecule has 0 radical (unpaired) electrons. The Labute approximate surface area is 157 Å². The van der Waals surface area contributed by atoms with Crippen LogP contribution in [0.3, 0.4) is 0 Å². The van der Waals surface area contributed by atoms with Crippen LogP contribution in [0.5, 0.6) is 0 Å². The topological polar surface area (TPSA) is 82.3 Å². The summed E-state index contributed by atoms with van der Waals surface area (Å²) in [7, 11) is 0. The fourth-order valence-electron chi connectivity index (χ4n) is 3.03. The van der Waals surface area contributed by atoms with E-state index in [-0.39, 0.29) is 17.3 Å². The van der Waals surface area contributed by atoms with Gasteiger partial charge in [-0.05, 0) is 56.1 Å². The molecule has 0 fully saturated rings. The third kappa shape index (κ3) is 4.43. The molecule has 0 atom stereocenters. The lowest BCUT2D eigenvalue weighted by atomic mass is 9.99. The Hall–Kier alpha value is -2.93. The van der Waals surface area contributed by atoms with E-state index in [1.165, 1.54) is 0 Å². The summed E-state index contributed by atoms with van der Waals surface area (Å²) in [5.41, 5.74) is 2.30. The van der Waals surface area contributed by atoms with Crippen molar-refractivity contribution in [2.24, 2.45) is 0 Å². The van der Waals surface area contributed by atoms with Crippen molar-refractivity contribution in [2.75, 3.05) is 17.2 Å². The molecule has 142 valence electrons. The number of anilines is 2. The third-order valence-electron chi connectivity index (χ3n) is 4.30. The van der Waals surface area contributed by atoms with Crippen LogP contribution in [0.25, 0.3) is 0 Å². The van der Waals surface area contributed by atoms with Crippen LogP contribution in [-0.4, -0.2) is 24.5 Å². The smallest absolute Gasteiger partial charge is 0.319 e. The second-order valence-corrected chi connectivity index (χ2v) is 6.74. The molecule has 0 unspecified atom stereocenters. The van der Waals surface area contributed by atoms with Gasteiger partial charge in [-0.25, -0.2) is 9.18 Å². The van der Waals surface area contributed by atoms with Gasteiger partial charge in [-0.2, -0.15) is 0 Å². The van der Waals surface area contributed by atoms with Crippen LogP contribution < -0.4 is 21.3 Å². The normalized spacial score (nSPS) is 13.0. The van der Waals surface area contributed by atoms with E-state index in [0.29, 0.717) is 30.8 Å². The van der Waals surface area contributed by atoms with Crippen LogP contribution >= 0.6 is 0 Å². The first kappa shape index (κ1) is 18.8. The van der Waals surface area contributed by atoms with Gasteiger partial charge in [-0.15, -0.1) is 0 Å². The number of amides is 3. The van der Waals surface area contributed by atoms with E-state index in [9.17, 15) is 14.0 Å². The highest BCUT2D eigenvalue weighted by atomic mass is 19.1. The van der Waals surface area contributed by atoms with Gasteiger partial charge >= 0.3 is 6.03 Å². The molecule has 0 spiro atoms. The van der Waals surface area contributed by atoms with Crippen LogP contribution in [0.2, 0.25) is 0 Å². The van der Waals surface area contributed by atoms with E-state index >= 15 is 0 Å². The van der Waals surface area contributed by atoms with Crippen molar-refractivity contribution in [1.82, 2.24) is 10.6 Å². The lowest BCUT2D eigenvalue weighted by Gasteiger charge is -2.19. The van der Waals surface area contributed by atoms with Crippen LogP contribution in [0.4, 0.5) is 20.6 Å². The van der Waals surface area contributed by atoms with Crippen molar-refractivity contribution in [3.63, 3.8) is 0 Å². The summed E-state index contributed by atoms with van der Waals surface area (Å²) in [5.74, 6) is -0.881. The van der Waals surface area contributed by atoms with Gasteiger partial charge in [0.1, 0.15) is 5.82 Å². The number of hydrogen-bond acceptors (Lipinski definition) is 3. The maximum Gasteiger partial charge on any atom is 0.319 e. The SMILES string of the molecule is CC(C)NC(=O)Nc1ccccc1C(=O)Nc1ccc2c(c1F)CCNC2. The summed E-state index contributed by atoms with van der Waals surface area (Å²) >= 11 is 0. The second-order valence-electron chi connectivity index (χ2n) is 6.74. The molecule has 2 aromatic carbocycles. The van der Waals surface area contributed by atoms with Gasteiger partial charge in [-0.3, -0.25) is 4.79 Å². The molecule has 0 saturated carbocycles. The molecule has 0 aliphatic carbocycles. The fourth-order valence-corrected chi connectivity index (χ4v) is 3.03. The zero-order valence-electron chi connectivity index (χ0n) is 15.4. The highest BCUT2D eigenvalue weighted by molar-refractivity contribution is 6.10. The minimum absolute atomic E-state index is 0.0370. The number of carbonyl (C=O) groups excluding carboxylic acids is 2. The quantitative estimate of drug-likeness (QED) is 0.667. The largest absolute Gasteiger partial charge is 0.336 e. The van der Waals surface area contributed by atoms with E-state index in [0.717, 1.165) is 5.56 Å². The average molecular weight is 370 g/mol. The Balaban J connectivity index is 1.80. The molecule has 1 aliphatic rings. The lowest BCUT2D eigenvalue weighted by Crippen LogP contribution is -2.34. The molecule has 2 aromatic rings. The molecule has 7 heteroatoms. The molecule has 1 heterocycles. The average Bonchev–Trinajstić information content (AvgIpc) is 2.64. The van der Waals surface area contributed by atoms with Gasteiger partial charge in [0.05, 0.1) is 16.9 Å². The molecule has 4 N–H and O–H groups in total. The van der Waals surface area contributed by atoms with Crippen LogP contribution in [-0.2, 0) is 13.0 Å². The number of benzene rings is 2.